The first-order chi connectivity index (χ1) is 12.7. The predicted octanol–water partition coefficient (Wildman–Crippen LogP) is 3.82. The molecular weight excluding hydrogens is 379 g/mol. The number of allylic oxidation sites excluding steroid dienone is 4. The van der Waals surface area contributed by atoms with Gasteiger partial charge in [0.1, 0.15) is 0 Å². The van der Waals surface area contributed by atoms with Crippen LogP contribution < -0.4 is 5.32 Å². The molecule has 8 heteroatoms. The molecule has 144 valence electrons. The molecule has 4 rings (SSSR count). The maximum absolute atomic E-state index is 13.2. The zero-order valence-corrected chi connectivity index (χ0v) is 15.2. The van der Waals surface area contributed by atoms with Gasteiger partial charge in [-0.3, -0.25) is 4.79 Å². The van der Waals surface area contributed by atoms with Crippen molar-refractivity contribution < 1.29 is 26.4 Å². The Morgan fingerprint density at radius 3 is 2.52 bits per heavy atom. The van der Waals surface area contributed by atoms with Crippen molar-refractivity contribution in [1.82, 2.24) is 5.32 Å². The molecule has 1 N–H and O–H groups in total. The summed E-state index contributed by atoms with van der Waals surface area (Å²) in [6.45, 7) is 0. The number of carbonyl (C=O) groups excluding carboxylic acids is 1. The fourth-order valence-electron chi connectivity index (χ4n) is 4.19. The van der Waals surface area contributed by atoms with Crippen LogP contribution in [0.25, 0.3) is 0 Å². The summed E-state index contributed by atoms with van der Waals surface area (Å²) in [6, 6.07) is 4.67. The van der Waals surface area contributed by atoms with Crippen LogP contribution >= 0.6 is 0 Å². The molecule has 0 radical (unpaired) electrons. The number of alkyl halides is 3. The molecular formula is C19H18F3NO3S. The average molecular weight is 397 g/mol. The minimum Gasteiger partial charge on any atom is -0.361 e. The van der Waals surface area contributed by atoms with E-state index in [2.05, 4.69) is 5.32 Å². The molecule has 1 atom stereocenters. The van der Waals surface area contributed by atoms with E-state index in [-0.39, 0.29) is 28.4 Å². The van der Waals surface area contributed by atoms with Crippen LogP contribution in [0.2, 0.25) is 0 Å². The first kappa shape index (κ1) is 18.3. The standard InChI is InChI=1S/C19H18F3NO3S/c20-19(21,22)12-5-1-4-11(10-12)16-17-13(6-2-8-15(17)24)23-14-7-3-9-27(25,26)18(14)16/h1,4-5,10,16,23H,2-3,6-9H2. The van der Waals surface area contributed by atoms with Crippen LogP contribution in [0.5, 0.6) is 0 Å². The van der Waals surface area contributed by atoms with Crippen LogP contribution in [0, 0.1) is 0 Å². The van der Waals surface area contributed by atoms with Crippen LogP contribution in [0.1, 0.15) is 49.1 Å². The van der Waals surface area contributed by atoms with Crippen molar-refractivity contribution in [1.29, 1.82) is 0 Å². The summed E-state index contributed by atoms with van der Waals surface area (Å²) in [6.07, 6.45) is -2.06. The van der Waals surface area contributed by atoms with Crippen molar-refractivity contribution in [3.63, 3.8) is 0 Å². The quantitative estimate of drug-likeness (QED) is 0.783. The lowest BCUT2D eigenvalue weighted by Gasteiger charge is -2.37. The van der Waals surface area contributed by atoms with E-state index in [1.807, 2.05) is 0 Å². The first-order valence-electron chi connectivity index (χ1n) is 8.85. The Labute approximate surface area is 155 Å². The molecule has 3 aliphatic rings. The van der Waals surface area contributed by atoms with E-state index < -0.39 is 27.5 Å². The van der Waals surface area contributed by atoms with Crippen LogP contribution in [0.3, 0.4) is 0 Å². The molecule has 0 spiro atoms. The molecule has 0 fully saturated rings. The van der Waals surface area contributed by atoms with Crippen molar-refractivity contribution in [2.24, 2.45) is 0 Å². The number of sulfone groups is 1. The zero-order chi connectivity index (χ0) is 19.4. The molecule has 27 heavy (non-hydrogen) atoms. The van der Waals surface area contributed by atoms with Gasteiger partial charge in [0.2, 0.25) is 0 Å². The molecule has 0 amide bonds. The van der Waals surface area contributed by atoms with E-state index >= 15 is 0 Å². The van der Waals surface area contributed by atoms with Gasteiger partial charge in [-0.1, -0.05) is 18.2 Å². The summed E-state index contributed by atoms with van der Waals surface area (Å²) in [5.41, 5.74) is 0.845. The summed E-state index contributed by atoms with van der Waals surface area (Å²) in [5.74, 6) is -1.21. The Kier molecular flexibility index (Phi) is 4.21. The van der Waals surface area contributed by atoms with Crippen molar-refractivity contribution in [2.45, 2.75) is 44.2 Å². The average Bonchev–Trinajstić information content (AvgIpc) is 2.59. The second-order valence-electron chi connectivity index (χ2n) is 7.12. The monoisotopic (exact) mass is 397 g/mol. The number of benzene rings is 1. The molecule has 0 saturated heterocycles. The van der Waals surface area contributed by atoms with E-state index in [1.54, 1.807) is 0 Å². The number of carbonyl (C=O) groups is 1. The Morgan fingerprint density at radius 1 is 1.04 bits per heavy atom. The fraction of sp³-hybridized carbons (Fsp3) is 0.421. The van der Waals surface area contributed by atoms with E-state index in [4.69, 9.17) is 0 Å². The lowest BCUT2D eigenvalue weighted by atomic mass is 9.78. The van der Waals surface area contributed by atoms with Gasteiger partial charge in [-0.25, -0.2) is 8.42 Å². The number of nitrogens with one attached hydrogen (secondary N) is 1. The number of Topliss-reactive ketones (excluding diaryl/α,β-unsaturated/α-hetero) is 1. The van der Waals surface area contributed by atoms with Gasteiger partial charge in [-0.15, -0.1) is 0 Å². The highest BCUT2D eigenvalue weighted by Crippen LogP contribution is 2.47. The van der Waals surface area contributed by atoms with Crippen LogP contribution in [0.4, 0.5) is 13.2 Å². The molecule has 4 nitrogen and oxygen atoms in total. The van der Waals surface area contributed by atoms with Gasteiger partial charge in [0.05, 0.1) is 22.1 Å². The number of ketones is 1. The summed E-state index contributed by atoms with van der Waals surface area (Å²) in [7, 11) is -3.65. The minimum absolute atomic E-state index is 0.0558. The second-order valence-corrected chi connectivity index (χ2v) is 9.19. The topological polar surface area (TPSA) is 63.2 Å². The lowest BCUT2D eigenvalue weighted by molar-refractivity contribution is -0.137. The van der Waals surface area contributed by atoms with Crippen LogP contribution in [-0.2, 0) is 20.8 Å². The largest absolute Gasteiger partial charge is 0.416 e. The van der Waals surface area contributed by atoms with Gasteiger partial charge in [-0.2, -0.15) is 13.2 Å². The molecule has 1 aromatic rings. The van der Waals surface area contributed by atoms with E-state index in [1.165, 1.54) is 12.1 Å². The van der Waals surface area contributed by atoms with E-state index in [0.717, 1.165) is 12.1 Å². The second kappa shape index (κ2) is 6.22. The predicted molar refractivity (Wildman–Crippen MR) is 93.3 cm³/mol. The highest BCUT2D eigenvalue weighted by molar-refractivity contribution is 7.95. The van der Waals surface area contributed by atoms with Gasteiger partial charge in [0.15, 0.2) is 15.6 Å². The third-order valence-corrected chi connectivity index (χ3v) is 7.31. The van der Waals surface area contributed by atoms with Crippen molar-refractivity contribution in [3.8, 4) is 0 Å². The first-order valence-corrected chi connectivity index (χ1v) is 10.5. The number of dihydropyridines is 1. The van der Waals surface area contributed by atoms with Gasteiger partial charge in [-0.05, 0) is 37.3 Å². The SMILES string of the molecule is O=C1CCCC2=C1C(c1cccc(C(F)(F)F)c1)C1=C(CCCS1(=O)=O)N2. The molecule has 2 heterocycles. The van der Waals surface area contributed by atoms with Crippen molar-refractivity contribution >= 4 is 15.6 Å². The Hall–Kier alpha value is -2.09. The van der Waals surface area contributed by atoms with Crippen molar-refractivity contribution in [2.75, 3.05) is 5.75 Å². The maximum atomic E-state index is 13.2. The Morgan fingerprint density at radius 2 is 1.78 bits per heavy atom. The molecule has 0 aromatic heterocycles. The lowest BCUT2D eigenvalue weighted by Crippen LogP contribution is -2.37. The Bertz CT molecular complexity index is 990. The minimum atomic E-state index is -4.54. The third-order valence-electron chi connectivity index (χ3n) is 5.33. The maximum Gasteiger partial charge on any atom is 0.416 e. The Balaban J connectivity index is 1.95. The smallest absolute Gasteiger partial charge is 0.361 e. The van der Waals surface area contributed by atoms with Gasteiger partial charge >= 0.3 is 6.18 Å². The van der Waals surface area contributed by atoms with E-state index in [0.29, 0.717) is 42.7 Å². The normalized spacial score (nSPS) is 25.0. The number of rotatable bonds is 1. The zero-order valence-electron chi connectivity index (χ0n) is 14.4. The molecule has 1 aromatic carbocycles. The summed E-state index contributed by atoms with van der Waals surface area (Å²) in [4.78, 5) is 12.7. The van der Waals surface area contributed by atoms with Crippen molar-refractivity contribution in [3.05, 3.63) is 57.3 Å². The molecule has 2 aliphatic heterocycles. The highest BCUT2D eigenvalue weighted by Gasteiger charge is 2.43. The van der Waals surface area contributed by atoms with Crippen LogP contribution in [-0.4, -0.2) is 20.0 Å². The molecule has 1 unspecified atom stereocenters. The summed E-state index contributed by atoms with van der Waals surface area (Å²) < 4.78 is 65.2. The highest BCUT2D eigenvalue weighted by atomic mass is 32.2. The van der Waals surface area contributed by atoms with Gasteiger partial charge in [0.25, 0.3) is 0 Å². The third kappa shape index (κ3) is 3.09. The van der Waals surface area contributed by atoms with Gasteiger partial charge < -0.3 is 5.32 Å². The fourth-order valence-corrected chi connectivity index (χ4v) is 6.08. The molecule has 0 bridgehead atoms. The molecule has 1 aliphatic carbocycles. The van der Waals surface area contributed by atoms with Gasteiger partial charge in [0, 0.05) is 23.4 Å². The molecule has 0 saturated carbocycles. The number of hydrogen-bond donors (Lipinski definition) is 1. The number of halogens is 3. The summed E-state index contributed by atoms with van der Waals surface area (Å²) in [5, 5.41) is 3.12. The van der Waals surface area contributed by atoms with Crippen LogP contribution in [0.15, 0.2) is 46.1 Å². The van der Waals surface area contributed by atoms with E-state index in [9.17, 15) is 26.4 Å². The number of hydrogen-bond acceptors (Lipinski definition) is 4. The summed E-state index contributed by atoms with van der Waals surface area (Å²) >= 11 is 0.